The Kier molecular flexibility index (Phi) is 4.57. The topological polar surface area (TPSA) is 34.1 Å². The fourth-order valence-corrected chi connectivity index (χ4v) is 4.39. The smallest absolute Gasteiger partial charge is 0.178 e. The molecule has 0 saturated carbocycles. The van der Waals surface area contributed by atoms with Crippen molar-refractivity contribution in [1.29, 1.82) is 0 Å². The van der Waals surface area contributed by atoms with Gasteiger partial charge in [-0.05, 0) is 33.5 Å². The first-order chi connectivity index (χ1) is 7.53. The molecule has 0 saturated heterocycles. The zero-order valence-corrected chi connectivity index (χ0v) is 13.6. The second kappa shape index (κ2) is 5.08. The van der Waals surface area contributed by atoms with Crippen LogP contribution in [0.2, 0.25) is 10.0 Å². The third-order valence-electron chi connectivity index (χ3n) is 1.94. The maximum Gasteiger partial charge on any atom is 0.178 e. The van der Waals surface area contributed by atoms with Crippen molar-refractivity contribution < 1.29 is 8.42 Å². The van der Waals surface area contributed by atoms with E-state index in [1.54, 1.807) is 0 Å². The van der Waals surface area contributed by atoms with Gasteiger partial charge >= 0.3 is 0 Å². The normalized spacial score (nSPS) is 12.8. The highest BCUT2D eigenvalue weighted by molar-refractivity contribution is 9.10. The summed E-state index contributed by atoms with van der Waals surface area (Å²) in [6.07, 6.45) is 0. The van der Waals surface area contributed by atoms with Crippen LogP contribution < -0.4 is 0 Å². The third kappa shape index (κ3) is 4.12. The molecule has 17 heavy (non-hydrogen) atoms. The molecule has 0 unspecified atom stereocenters. The maximum absolute atomic E-state index is 12.1. The maximum atomic E-state index is 12.1. The van der Waals surface area contributed by atoms with Crippen LogP contribution in [-0.2, 0) is 9.84 Å². The first-order valence-corrected chi connectivity index (χ1v) is 8.10. The van der Waals surface area contributed by atoms with E-state index in [2.05, 4.69) is 15.9 Å². The van der Waals surface area contributed by atoms with E-state index in [9.17, 15) is 8.42 Å². The minimum Gasteiger partial charge on any atom is -0.224 e. The predicted molar refractivity (Wildman–Crippen MR) is 75.7 cm³/mol. The zero-order chi connectivity index (χ0) is 13.4. The van der Waals surface area contributed by atoms with Crippen molar-refractivity contribution in [3.63, 3.8) is 0 Å². The van der Waals surface area contributed by atoms with E-state index in [1.807, 2.05) is 20.8 Å². The molecule has 1 aromatic rings. The summed E-state index contributed by atoms with van der Waals surface area (Å²) in [6.45, 7) is 5.62. The van der Waals surface area contributed by atoms with E-state index in [-0.39, 0.29) is 21.1 Å². The molecule has 2 nitrogen and oxygen atoms in total. The Bertz CT molecular complexity index is 510. The van der Waals surface area contributed by atoms with Crippen molar-refractivity contribution in [3.05, 3.63) is 26.7 Å². The number of benzene rings is 1. The quantitative estimate of drug-likeness (QED) is 0.724. The standard InChI is InChI=1S/C11H13BrCl2O2S/c1-11(2,3)6-17(15,16)7-4-8(12)10(14)9(13)5-7/h4-5H,6H2,1-3H3. The second-order valence-corrected chi connectivity index (χ2v) is 8.65. The van der Waals surface area contributed by atoms with Crippen LogP contribution in [0.25, 0.3) is 0 Å². The minimum atomic E-state index is -3.35. The number of hydrogen-bond donors (Lipinski definition) is 0. The summed E-state index contributed by atoms with van der Waals surface area (Å²) >= 11 is 14.9. The van der Waals surface area contributed by atoms with Crippen LogP contribution in [0.15, 0.2) is 21.5 Å². The molecule has 6 heteroatoms. The van der Waals surface area contributed by atoms with Gasteiger partial charge < -0.3 is 0 Å². The lowest BCUT2D eigenvalue weighted by Crippen LogP contribution is -2.20. The van der Waals surface area contributed by atoms with Gasteiger partial charge in [0.2, 0.25) is 0 Å². The molecule has 1 rings (SSSR count). The van der Waals surface area contributed by atoms with Gasteiger partial charge in [-0.2, -0.15) is 0 Å². The molecular weight excluding hydrogens is 347 g/mol. The number of hydrogen-bond acceptors (Lipinski definition) is 2. The third-order valence-corrected chi connectivity index (χ3v) is 5.80. The molecule has 0 aromatic heterocycles. The Hall–Kier alpha value is 0.230. The second-order valence-electron chi connectivity index (χ2n) is 5.02. The van der Waals surface area contributed by atoms with Gasteiger partial charge in [-0.1, -0.05) is 44.0 Å². The number of rotatable bonds is 2. The fraction of sp³-hybridized carbons (Fsp3) is 0.455. The summed E-state index contributed by atoms with van der Waals surface area (Å²) in [5.41, 5.74) is -0.308. The Morgan fingerprint density at radius 3 is 2.18 bits per heavy atom. The lowest BCUT2D eigenvalue weighted by atomic mass is 10.0. The predicted octanol–water partition coefficient (Wildman–Crippen LogP) is 4.58. The van der Waals surface area contributed by atoms with Gasteiger partial charge in [-0.25, -0.2) is 8.42 Å². The Balaban J connectivity index is 3.26. The highest BCUT2D eigenvalue weighted by Crippen LogP contribution is 2.34. The molecule has 0 aliphatic rings. The van der Waals surface area contributed by atoms with E-state index >= 15 is 0 Å². The van der Waals surface area contributed by atoms with E-state index in [1.165, 1.54) is 12.1 Å². The van der Waals surface area contributed by atoms with Crippen molar-refractivity contribution in [2.24, 2.45) is 5.41 Å². The van der Waals surface area contributed by atoms with Crippen LogP contribution in [0.5, 0.6) is 0 Å². The molecule has 1 aromatic carbocycles. The van der Waals surface area contributed by atoms with Gasteiger partial charge in [0.05, 0.1) is 20.7 Å². The molecular formula is C11H13BrCl2O2S. The van der Waals surface area contributed by atoms with Crippen LogP contribution >= 0.6 is 39.1 Å². The van der Waals surface area contributed by atoms with Crippen molar-refractivity contribution in [3.8, 4) is 0 Å². The highest BCUT2D eigenvalue weighted by Gasteiger charge is 2.24. The Morgan fingerprint density at radius 1 is 1.24 bits per heavy atom. The lowest BCUT2D eigenvalue weighted by Gasteiger charge is -2.18. The Morgan fingerprint density at radius 2 is 1.76 bits per heavy atom. The first-order valence-electron chi connectivity index (χ1n) is 4.90. The summed E-state index contributed by atoms with van der Waals surface area (Å²) in [6, 6.07) is 2.87. The molecule has 0 amide bonds. The average Bonchev–Trinajstić information content (AvgIpc) is 2.09. The van der Waals surface area contributed by atoms with Gasteiger partial charge in [0.25, 0.3) is 0 Å². The molecule has 0 heterocycles. The van der Waals surface area contributed by atoms with Crippen molar-refractivity contribution in [2.45, 2.75) is 25.7 Å². The van der Waals surface area contributed by atoms with E-state index < -0.39 is 9.84 Å². The lowest BCUT2D eigenvalue weighted by molar-refractivity contribution is 0.461. The summed E-state index contributed by atoms with van der Waals surface area (Å²) in [5, 5.41) is 0.551. The van der Waals surface area contributed by atoms with E-state index in [0.717, 1.165) is 0 Å². The van der Waals surface area contributed by atoms with Gasteiger partial charge in [0, 0.05) is 4.47 Å². The van der Waals surface area contributed by atoms with Crippen molar-refractivity contribution >= 4 is 49.0 Å². The van der Waals surface area contributed by atoms with E-state index in [4.69, 9.17) is 23.2 Å². The minimum absolute atomic E-state index is 0.0599. The SMILES string of the molecule is CC(C)(C)CS(=O)(=O)c1cc(Cl)c(Cl)c(Br)c1. The molecule has 0 aliphatic carbocycles. The van der Waals surface area contributed by atoms with Crippen LogP contribution in [-0.4, -0.2) is 14.2 Å². The summed E-state index contributed by atoms with van der Waals surface area (Å²) in [5.74, 6) is 0.0599. The summed E-state index contributed by atoms with van der Waals surface area (Å²) in [4.78, 5) is 0.189. The largest absolute Gasteiger partial charge is 0.224 e. The molecule has 0 atom stereocenters. The van der Waals surface area contributed by atoms with Crippen molar-refractivity contribution in [1.82, 2.24) is 0 Å². The first kappa shape index (κ1) is 15.3. The molecule has 0 spiro atoms. The Labute approximate surface area is 120 Å². The highest BCUT2D eigenvalue weighted by atomic mass is 79.9. The molecule has 0 aliphatic heterocycles. The number of halogens is 3. The van der Waals surface area contributed by atoms with Gasteiger partial charge in [0.1, 0.15) is 0 Å². The molecule has 0 N–H and O–H groups in total. The zero-order valence-electron chi connectivity index (χ0n) is 9.72. The number of sulfone groups is 1. The molecule has 0 fully saturated rings. The van der Waals surface area contributed by atoms with Crippen LogP contribution in [0.1, 0.15) is 20.8 Å². The van der Waals surface area contributed by atoms with E-state index in [0.29, 0.717) is 9.50 Å². The van der Waals surface area contributed by atoms with Gasteiger partial charge in [-0.15, -0.1) is 0 Å². The van der Waals surface area contributed by atoms with Crippen LogP contribution in [0.3, 0.4) is 0 Å². The van der Waals surface area contributed by atoms with Gasteiger partial charge in [0.15, 0.2) is 9.84 Å². The molecule has 0 bridgehead atoms. The van der Waals surface area contributed by atoms with Crippen LogP contribution in [0.4, 0.5) is 0 Å². The monoisotopic (exact) mass is 358 g/mol. The average molecular weight is 360 g/mol. The molecule has 0 radical (unpaired) electrons. The summed E-state index contributed by atoms with van der Waals surface area (Å²) in [7, 11) is -3.35. The summed E-state index contributed by atoms with van der Waals surface area (Å²) < 4.78 is 24.8. The van der Waals surface area contributed by atoms with Crippen LogP contribution in [0, 0.1) is 5.41 Å². The van der Waals surface area contributed by atoms with Gasteiger partial charge in [-0.3, -0.25) is 0 Å². The fourth-order valence-electron chi connectivity index (χ4n) is 1.37. The van der Waals surface area contributed by atoms with Crippen molar-refractivity contribution in [2.75, 3.05) is 5.75 Å². The molecule has 96 valence electrons.